The van der Waals surface area contributed by atoms with E-state index >= 15 is 0 Å². The molecular formula is C16H12N2O4. The number of aromatic amines is 1. The molecule has 22 heavy (non-hydrogen) atoms. The van der Waals surface area contributed by atoms with Gasteiger partial charge in [0.15, 0.2) is 0 Å². The van der Waals surface area contributed by atoms with Crippen LogP contribution >= 0.6 is 0 Å². The van der Waals surface area contributed by atoms with E-state index < -0.39 is 10.9 Å². The fraction of sp³-hybridized carbons (Fsp3) is 0.0625. The number of carboxylic acid groups (broad SMARTS) is 1. The molecule has 1 aromatic heterocycles. The summed E-state index contributed by atoms with van der Waals surface area (Å²) >= 11 is 0. The number of nitro benzene ring substituents is 1. The molecule has 1 heterocycles. The van der Waals surface area contributed by atoms with Crippen molar-refractivity contribution in [3.63, 3.8) is 0 Å². The monoisotopic (exact) mass is 296 g/mol. The summed E-state index contributed by atoms with van der Waals surface area (Å²) < 4.78 is 0. The molecule has 3 aromatic rings. The molecule has 0 aliphatic heterocycles. The molecule has 6 heteroatoms. The number of carboxylic acids is 1. The Hall–Kier alpha value is -3.15. The lowest BCUT2D eigenvalue weighted by Gasteiger charge is -1.99. The average molecular weight is 296 g/mol. The Labute approximate surface area is 125 Å². The van der Waals surface area contributed by atoms with Crippen molar-refractivity contribution in [1.82, 2.24) is 4.98 Å². The maximum Gasteiger partial charge on any atom is 0.307 e. The van der Waals surface area contributed by atoms with E-state index in [1.54, 1.807) is 12.1 Å². The number of H-pyrrole nitrogens is 1. The van der Waals surface area contributed by atoms with Gasteiger partial charge in [0, 0.05) is 17.1 Å². The zero-order valence-electron chi connectivity index (χ0n) is 11.4. The number of hydrogen-bond acceptors (Lipinski definition) is 3. The van der Waals surface area contributed by atoms with Crippen LogP contribution in [0.2, 0.25) is 0 Å². The Bertz CT molecular complexity index is 868. The highest BCUT2D eigenvalue weighted by Gasteiger charge is 2.18. The molecule has 110 valence electrons. The second kappa shape index (κ2) is 5.33. The summed E-state index contributed by atoms with van der Waals surface area (Å²) in [6, 6.07) is 14.2. The summed E-state index contributed by atoms with van der Waals surface area (Å²) in [6.45, 7) is 0. The molecule has 0 unspecified atom stereocenters. The zero-order chi connectivity index (χ0) is 15.7. The minimum absolute atomic E-state index is 0.115. The van der Waals surface area contributed by atoms with E-state index in [0.29, 0.717) is 16.5 Å². The van der Waals surface area contributed by atoms with E-state index in [4.69, 9.17) is 5.11 Å². The summed E-state index contributed by atoms with van der Waals surface area (Å²) in [6.07, 6.45) is -0.247. The van der Waals surface area contributed by atoms with Crippen molar-refractivity contribution in [2.75, 3.05) is 0 Å². The molecule has 2 N–H and O–H groups in total. The van der Waals surface area contributed by atoms with E-state index in [1.165, 1.54) is 6.07 Å². The molecule has 0 radical (unpaired) electrons. The first kappa shape index (κ1) is 13.8. The Kier molecular flexibility index (Phi) is 3.34. The van der Waals surface area contributed by atoms with Gasteiger partial charge in [0.25, 0.3) is 5.69 Å². The minimum atomic E-state index is -1.02. The van der Waals surface area contributed by atoms with Crippen molar-refractivity contribution in [2.24, 2.45) is 0 Å². The standard InChI is InChI=1S/C16H12N2O4/c19-15(20)8-10-6-12-9-13(11-4-2-1-3-5-11)17-16(12)14(7-10)18(21)22/h1-7,9,17H,8H2,(H,19,20). The fourth-order valence-corrected chi connectivity index (χ4v) is 2.48. The van der Waals surface area contributed by atoms with E-state index in [0.717, 1.165) is 11.3 Å². The van der Waals surface area contributed by atoms with Gasteiger partial charge in [-0.1, -0.05) is 30.3 Å². The number of carbonyl (C=O) groups is 1. The third kappa shape index (κ3) is 2.54. The van der Waals surface area contributed by atoms with Crippen LogP contribution in [-0.4, -0.2) is 21.0 Å². The van der Waals surface area contributed by atoms with Crippen molar-refractivity contribution in [2.45, 2.75) is 6.42 Å². The van der Waals surface area contributed by atoms with E-state index in [2.05, 4.69) is 4.98 Å². The number of nitrogens with one attached hydrogen (secondary N) is 1. The normalized spacial score (nSPS) is 10.7. The molecule has 0 spiro atoms. The van der Waals surface area contributed by atoms with Crippen molar-refractivity contribution >= 4 is 22.6 Å². The van der Waals surface area contributed by atoms with Gasteiger partial charge in [-0.25, -0.2) is 0 Å². The summed E-state index contributed by atoms with van der Waals surface area (Å²) in [4.78, 5) is 24.6. The average Bonchev–Trinajstić information content (AvgIpc) is 2.90. The molecule has 0 saturated carbocycles. The Balaban J connectivity index is 2.19. The molecule has 0 saturated heterocycles. The Morgan fingerprint density at radius 1 is 1.18 bits per heavy atom. The van der Waals surface area contributed by atoms with Gasteiger partial charge < -0.3 is 10.1 Å². The maximum atomic E-state index is 11.2. The van der Waals surface area contributed by atoms with Gasteiger partial charge in [0.2, 0.25) is 0 Å². The number of hydrogen-bond donors (Lipinski definition) is 2. The van der Waals surface area contributed by atoms with Gasteiger partial charge in [-0.15, -0.1) is 0 Å². The largest absolute Gasteiger partial charge is 0.481 e. The highest BCUT2D eigenvalue weighted by molar-refractivity contribution is 5.93. The van der Waals surface area contributed by atoms with Crippen molar-refractivity contribution in [1.29, 1.82) is 0 Å². The predicted octanol–water partition coefficient (Wildman–Crippen LogP) is 3.37. The first-order valence-electron chi connectivity index (χ1n) is 6.62. The SMILES string of the molecule is O=C(O)Cc1cc([N+](=O)[O-])c2[nH]c(-c3ccccc3)cc2c1. The molecule has 0 fully saturated rings. The lowest BCUT2D eigenvalue weighted by Crippen LogP contribution is -2.01. The molecule has 0 amide bonds. The first-order valence-corrected chi connectivity index (χ1v) is 6.62. The van der Waals surface area contributed by atoms with Crippen LogP contribution < -0.4 is 0 Å². The molecule has 2 aromatic carbocycles. The lowest BCUT2D eigenvalue weighted by molar-refractivity contribution is -0.383. The molecule has 6 nitrogen and oxygen atoms in total. The third-order valence-electron chi connectivity index (χ3n) is 3.40. The third-order valence-corrected chi connectivity index (χ3v) is 3.40. The number of rotatable bonds is 4. The van der Waals surface area contributed by atoms with Crippen LogP contribution in [0.5, 0.6) is 0 Å². The molecular weight excluding hydrogens is 284 g/mol. The van der Waals surface area contributed by atoms with E-state index in [-0.39, 0.29) is 12.1 Å². The topological polar surface area (TPSA) is 96.2 Å². The number of aliphatic carboxylic acids is 1. The summed E-state index contributed by atoms with van der Waals surface area (Å²) in [5.41, 5.74) is 2.36. The number of benzene rings is 2. The van der Waals surface area contributed by atoms with Crippen molar-refractivity contribution in [3.8, 4) is 11.3 Å². The van der Waals surface area contributed by atoms with Gasteiger partial charge in [0.05, 0.1) is 11.3 Å². The molecule has 0 atom stereocenters. The first-order chi connectivity index (χ1) is 10.5. The highest BCUT2D eigenvalue weighted by Crippen LogP contribution is 2.31. The highest BCUT2D eigenvalue weighted by atomic mass is 16.6. The van der Waals surface area contributed by atoms with Crippen LogP contribution in [0.15, 0.2) is 48.5 Å². The van der Waals surface area contributed by atoms with Crippen LogP contribution in [0, 0.1) is 10.1 Å². The fourth-order valence-electron chi connectivity index (χ4n) is 2.48. The molecule has 0 aliphatic carbocycles. The van der Waals surface area contributed by atoms with Gasteiger partial charge >= 0.3 is 5.97 Å². The quantitative estimate of drug-likeness (QED) is 0.570. The summed E-state index contributed by atoms with van der Waals surface area (Å²) in [7, 11) is 0. The van der Waals surface area contributed by atoms with Crippen molar-refractivity contribution < 1.29 is 14.8 Å². The summed E-state index contributed by atoms with van der Waals surface area (Å²) in [5.74, 6) is -1.02. The van der Waals surface area contributed by atoms with Gasteiger partial charge in [0.1, 0.15) is 5.52 Å². The Morgan fingerprint density at radius 3 is 2.55 bits per heavy atom. The van der Waals surface area contributed by atoms with Gasteiger partial charge in [-0.3, -0.25) is 14.9 Å². The number of fused-ring (bicyclic) bond motifs is 1. The predicted molar refractivity (Wildman–Crippen MR) is 81.7 cm³/mol. The van der Waals surface area contributed by atoms with Crippen LogP contribution in [0.3, 0.4) is 0 Å². The van der Waals surface area contributed by atoms with Crippen LogP contribution in [0.25, 0.3) is 22.2 Å². The summed E-state index contributed by atoms with van der Waals surface area (Å²) in [5, 5.41) is 20.7. The van der Waals surface area contributed by atoms with Crippen LogP contribution in [-0.2, 0) is 11.2 Å². The number of nitro groups is 1. The Morgan fingerprint density at radius 2 is 1.91 bits per heavy atom. The van der Waals surface area contributed by atoms with Gasteiger partial charge in [-0.05, 0) is 23.3 Å². The van der Waals surface area contributed by atoms with Crippen LogP contribution in [0.1, 0.15) is 5.56 Å². The van der Waals surface area contributed by atoms with Gasteiger partial charge in [-0.2, -0.15) is 0 Å². The molecule has 3 rings (SSSR count). The minimum Gasteiger partial charge on any atom is -0.481 e. The number of aromatic nitrogens is 1. The van der Waals surface area contributed by atoms with E-state index in [1.807, 2.05) is 30.3 Å². The number of nitrogens with zero attached hydrogens (tertiary/aromatic N) is 1. The zero-order valence-corrected chi connectivity index (χ0v) is 11.4. The number of non-ortho nitro benzene ring substituents is 1. The molecule has 0 bridgehead atoms. The lowest BCUT2D eigenvalue weighted by atomic mass is 10.1. The second-order valence-electron chi connectivity index (χ2n) is 4.96. The second-order valence-corrected chi connectivity index (χ2v) is 4.96. The molecule has 0 aliphatic rings. The van der Waals surface area contributed by atoms with Crippen LogP contribution in [0.4, 0.5) is 5.69 Å². The van der Waals surface area contributed by atoms with Crippen molar-refractivity contribution in [3.05, 3.63) is 64.2 Å². The smallest absolute Gasteiger partial charge is 0.307 e. The maximum absolute atomic E-state index is 11.2. The van der Waals surface area contributed by atoms with E-state index in [9.17, 15) is 14.9 Å².